The van der Waals surface area contributed by atoms with E-state index >= 15 is 0 Å². The minimum atomic E-state index is -3.88. The summed E-state index contributed by atoms with van der Waals surface area (Å²) in [4.78, 5) is 10.5. The van der Waals surface area contributed by atoms with Crippen LogP contribution in [-0.2, 0) is 16.6 Å². The molecule has 2 rings (SSSR count). The summed E-state index contributed by atoms with van der Waals surface area (Å²) in [7, 11) is -3.88. The van der Waals surface area contributed by atoms with Gasteiger partial charge >= 0.3 is 0 Å². The quantitative estimate of drug-likeness (QED) is 0.573. The first-order valence-corrected chi connectivity index (χ1v) is 9.30. The summed E-state index contributed by atoms with van der Waals surface area (Å²) < 4.78 is 27.5. The second kappa shape index (κ2) is 8.19. The maximum absolute atomic E-state index is 13.1. The predicted molar refractivity (Wildman–Crippen MR) is 95.5 cm³/mol. The number of sulfonamides is 1. The zero-order chi connectivity index (χ0) is 18.4. The van der Waals surface area contributed by atoms with Crippen LogP contribution >= 0.6 is 0 Å². The summed E-state index contributed by atoms with van der Waals surface area (Å²) in [5.74, 6) is 0. The van der Waals surface area contributed by atoms with Crippen molar-refractivity contribution in [3.63, 3.8) is 0 Å². The van der Waals surface area contributed by atoms with Gasteiger partial charge in [-0.1, -0.05) is 36.4 Å². The molecule has 134 valence electrons. The molecule has 0 unspecified atom stereocenters. The van der Waals surface area contributed by atoms with Crippen LogP contribution in [0.25, 0.3) is 0 Å². The van der Waals surface area contributed by atoms with Gasteiger partial charge in [-0.2, -0.15) is 4.31 Å². The summed E-state index contributed by atoms with van der Waals surface area (Å²) in [5.41, 5.74) is 6.30. The molecule has 2 N–H and O–H groups in total. The van der Waals surface area contributed by atoms with Crippen molar-refractivity contribution in [3.05, 3.63) is 69.8 Å². The molecule has 0 heterocycles. The Hall–Kier alpha value is -2.29. The monoisotopic (exact) mass is 363 g/mol. The second-order valence-electron chi connectivity index (χ2n) is 5.62. The number of nitro benzene ring substituents is 1. The molecule has 8 heteroatoms. The van der Waals surface area contributed by atoms with E-state index in [2.05, 4.69) is 0 Å². The third kappa shape index (κ3) is 4.41. The smallest absolute Gasteiger partial charge is 0.273 e. The van der Waals surface area contributed by atoms with Crippen LogP contribution in [-0.4, -0.2) is 30.7 Å². The normalized spacial score (nSPS) is 11.6. The van der Waals surface area contributed by atoms with Gasteiger partial charge in [-0.15, -0.1) is 0 Å². The van der Waals surface area contributed by atoms with Crippen LogP contribution in [0.4, 0.5) is 5.69 Å². The van der Waals surface area contributed by atoms with Crippen LogP contribution in [0.15, 0.2) is 53.4 Å². The average Bonchev–Trinajstić information content (AvgIpc) is 2.59. The SMILES string of the molecule is Cc1c([N+](=O)[O-])cccc1S(=O)(=O)N(CCCN)Cc1ccccc1. The van der Waals surface area contributed by atoms with Crippen molar-refractivity contribution >= 4 is 15.7 Å². The number of nitrogens with two attached hydrogens (primary N) is 1. The van der Waals surface area contributed by atoms with Gasteiger partial charge in [0.1, 0.15) is 0 Å². The fourth-order valence-electron chi connectivity index (χ4n) is 2.56. The molecule has 0 aliphatic carbocycles. The molecule has 0 aliphatic heterocycles. The highest BCUT2D eigenvalue weighted by molar-refractivity contribution is 7.89. The number of nitro groups is 1. The van der Waals surface area contributed by atoms with Gasteiger partial charge in [0, 0.05) is 24.7 Å². The van der Waals surface area contributed by atoms with Gasteiger partial charge in [0.05, 0.1) is 9.82 Å². The topological polar surface area (TPSA) is 107 Å². The summed E-state index contributed by atoms with van der Waals surface area (Å²) in [6.45, 7) is 2.24. The fourth-order valence-corrected chi connectivity index (χ4v) is 4.27. The molecule has 0 spiro atoms. The molecule has 0 saturated carbocycles. The van der Waals surface area contributed by atoms with E-state index in [1.165, 1.54) is 29.4 Å². The number of nitrogens with zero attached hydrogens (tertiary/aromatic N) is 2. The first-order chi connectivity index (χ1) is 11.9. The first kappa shape index (κ1) is 19.0. The van der Waals surface area contributed by atoms with Gasteiger partial charge in [-0.3, -0.25) is 10.1 Å². The van der Waals surface area contributed by atoms with Crippen LogP contribution < -0.4 is 5.73 Å². The van der Waals surface area contributed by atoms with Crippen LogP contribution in [0.5, 0.6) is 0 Å². The predicted octanol–water partition coefficient (Wildman–Crippen LogP) is 2.44. The Morgan fingerprint density at radius 3 is 2.40 bits per heavy atom. The Labute approximate surface area is 147 Å². The number of benzene rings is 2. The van der Waals surface area contributed by atoms with E-state index in [9.17, 15) is 18.5 Å². The molecule has 25 heavy (non-hydrogen) atoms. The van der Waals surface area contributed by atoms with Crippen molar-refractivity contribution < 1.29 is 13.3 Å². The van der Waals surface area contributed by atoms with Gasteiger partial charge in [-0.25, -0.2) is 8.42 Å². The number of hydrogen-bond donors (Lipinski definition) is 1. The Bertz CT molecular complexity index is 838. The molecular formula is C17H21N3O4S. The lowest BCUT2D eigenvalue weighted by atomic mass is 10.2. The van der Waals surface area contributed by atoms with Crippen LogP contribution in [0.2, 0.25) is 0 Å². The van der Waals surface area contributed by atoms with Gasteiger partial charge < -0.3 is 5.73 Å². The van der Waals surface area contributed by atoms with Crippen molar-refractivity contribution in [1.82, 2.24) is 4.31 Å². The van der Waals surface area contributed by atoms with E-state index < -0.39 is 14.9 Å². The minimum Gasteiger partial charge on any atom is -0.330 e. The Morgan fingerprint density at radius 1 is 1.12 bits per heavy atom. The van der Waals surface area contributed by atoms with Crippen LogP contribution in [0.3, 0.4) is 0 Å². The standard InChI is InChI=1S/C17H21N3O4S/c1-14-16(20(21)22)9-5-10-17(14)25(23,24)19(12-6-11-18)13-15-7-3-2-4-8-15/h2-5,7-10H,6,11-13,18H2,1H3. The van der Waals surface area contributed by atoms with Crippen molar-refractivity contribution in [1.29, 1.82) is 0 Å². The van der Waals surface area contributed by atoms with Crippen molar-refractivity contribution in [3.8, 4) is 0 Å². The fraction of sp³-hybridized carbons (Fsp3) is 0.294. The highest BCUT2D eigenvalue weighted by atomic mass is 32.2. The molecule has 2 aromatic rings. The van der Waals surface area contributed by atoms with E-state index in [0.29, 0.717) is 13.0 Å². The molecule has 0 bridgehead atoms. The highest BCUT2D eigenvalue weighted by Gasteiger charge is 2.28. The van der Waals surface area contributed by atoms with Crippen molar-refractivity contribution in [2.24, 2.45) is 5.73 Å². The highest BCUT2D eigenvalue weighted by Crippen LogP contribution is 2.28. The van der Waals surface area contributed by atoms with Crippen molar-refractivity contribution in [2.45, 2.75) is 24.8 Å². The zero-order valence-electron chi connectivity index (χ0n) is 14.0. The summed E-state index contributed by atoms with van der Waals surface area (Å²) in [5, 5.41) is 11.1. The minimum absolute atomic E-state index is 0.0466. The lowest BCUT2D eigenvalue weighted by Gasteiger charge is -2.23. The zero-order valence-corrected chi connectivity index (χ0v) is 14.8. The van der Waals surface area contributed by atoms with Crippen LogP contribution in [0.1, 0.15) is 17.5 Å². The summed E-state index contributed by atoms with van der Waals surface area (Å²) >= 11 is 0. The Kier molecular flexibility index (Phi) is 6.24. The maximum atomic E-state index is 13.1. The summed E-state index contributed by atoms with van der Waals surface area (Å²) in [6.07, 6.45) is 0.500. The molecular weight excluding hydrogens is 342 g/mol. The van der Waals surface area contributed by atoms with Crippen LogP contribution in [0, 0.1) is 17.0 Å². The lowest BCUT2D eigenvalue weighted by molar-refractivity contribution is -0.385. The van der Waals surface area contributed by atoms with Gasteiger partial charge in [0.15, 0.2) is 0 Å². The van der Waals surface area contributed by atoms with Gasteiger partial charge in [0.25, 0.3) is 5.69 Å². The van der Waals surface area contributed by atoms with E-state index in [-0.39, 0.29) is 29.2 Å². The molecule has 2 aromatic carbocycles. The molecule has 0 saturated heterocycles. The Morgan fingerprint density at radius 2 is 1.80 bits per heavy atom. The number of rotatable bonds is 8. The largest absolute Gasteiger partial charge is 0.330 e. The molecule has 0 amide bonds. The van der Waals surface area contributed by atoms with Crippen molar-refractivity contribution in [2.75, 3.05) is 13.1 Å². The molecule has 0 fully saturated rings. The molecule has 0 aliphatic rings. The van der Waals surface area contributed by atoms with E-state index in [1.807, 2.05) is 30.3 Å². The number of hydrogen-bond acceptors (Lipinski definition) is 5. The Balaban J connectivity index is 2.44. The molecule has 7 nitrogen and oxygen atoms in total. The van der Waals surface area contributed by atoms with E-state index in [4.69, 9.17) is 5.73 Å². The second-order valence-corrected chi connectivity index (χ2v) is 7.53. The maximum Gasteiger partial charge on any atom is 0.273 e. The molecule has 0 radical (unpaired) electrons. The lowest BCUT2D eigenvalue weighted by Crippen LogP contribution is -2.33. The third-order valence-electron chi connectivity index (χ3n) is 3.88. The molecule has 0 aromatic heterocycles. The summed E-state index contributed by atoms with van der Waals surface area (Å²) in [6, 6.07) is 13.3. The van der Waals surface area contributed by atoms with E-state index in [0.717, 1.165) is 5.56 Å². The van der Waals surface area contributed by atoms with Gasteiger partial charge in [-0.05, 0) is 31.5 Å². The average molecular weight is 363 g/mol. The molecule has 0 atom stereocenters. The van der Waals surface area contributed by atoms with Gasteiger partial charge in [0.2, 0.25) is 10.0 Å². The van der Waals surface area contributed by atoms with E-state index in [1.54, 1.807) is 0 Å². The third-order valence-corrected chi connectivity index (χ3v) is 5.87. The first-order valence-electron chi connectivity index (χ1n) is 7.86.